The minimum Gasteiger partial charge on any atom is -0.387 e. The van der Waals surface area contributed by atoms with Gasteiger partial charge in [0.1, 0.15) is 0 Å². The molecule has 0 saturated heterocycles. The van der Waals surface area contributed by atoms with Gasteiger partial charge in [0.15, 0.2) is 0 Å². The molecule has 35 heavy (non-hydrogen) atoms. The average molecular weight is 517 g/mol. The predicted octanol–water partition coefficient (Wildman–Crippen LogP) is 3.65. The van der Waals surface area contributed by atoms with Crippen molar-refractivity contribution in [3.8, 4) is 0 Å². The summed E-state index contributed by atoms with van der Waals surface area (Å²) in [7, 11) is -3.93. The maximum Gasteiger partial charge on any atom is 0.328 e. The van der Waals surface area contributed by atoms with Crippen molar-refractivity contribution in [3.05, 3.63) is 95.0 Å². The van der Waals surface area contributed by atoms with Gasteiger partial charge in [-0.25, -0.2) is 17.9 Å². The zero-order chi connectivity index (χ0) is 25.3. The zero-order valence-corrected chi connectivity index (χ0v) is 20.8. The number of hydrogen-bond acceptors (Lipinski definition) is 6. The molecule has 0 radical (unpaired) electrons. The van der Waals surface area contributed by atoms with E-state index in [9.17, 15) is 18.3 Å². The van der Waals surface area contributed by atoms with E-state index in [0.29, 0.717) is 18.1 Å². The standard InChI is InChI=1S/C25H29ClN4O4S/c1-18(27-17-24(31)20-8-6-9-21(26)14-20)15-28-22-10-5-7-19(13-22)16-29-25(32)30-35(33,34)23-11-3-2-4-12-23/h2-14,18,24,27-28,31H,15-17H2,1H3,(H2,29,30,32)/t18-,24+/m1/s1. The molecule has 0 bridgehead atoms. The van der Waals surface area contributed by atoms with Gasteiger partial charge in [-0.1, -0.05) is 54.1 Å². The molecule has 186 valence electrons. The molecule has 0 aromatic heterocycles. The highest BCUT2D eigenvalue weighted by Gasteiger charge is 2.16. The number of rotatable bonds is 11. The van der Waals surface area contributed by atoms with Crippen molar-refractivity contribution in [1.82, 2.24) is 15.4 Å². The molecule has 0 aliphatic carbocycles. The summed E-state index contributed by atoms with van der Waals surface area (Å²) in [6.07, 6.45) is -0.664. The first-order valence-electron chi connectivity index (χ1n) is 11.1. The first-order valence-corrected chi connectivity index (χ1v) is 12.9. The Morgan fingerprint density at radius 1 is 0.971 bits per heavy atom. The minimum atomic E-state index is -3.93. The highest BCUT2D eigenvalue weighted by Crippen LogP contribution is 2.17. The fourth-order valence-corrected chi connectivity index (χ4v) is 4.43. The Kier molecular flexibility index (Phi) is 9.50. The number of benzene rings is 3. The van der Waals surface area contributed by atoms with Crippen molar-refractivity contribution in [3.63, 3.8) is 0 Å². The quantitative estimate of drug-likeness (QED) is 0.265. The third-order valence-corrected chi connectivity index (χ3v) is 6.75. The van der Waals surface area contributed by atoms with Gasteiger partial charge in [0, 0.05) is 36.4 Å². The van der Waals surface area contributed by atoms with Crippen LogP contribution in [0.3, 0.4) is 0 Å². The van der Waals surface area contributed by atoms with Crippen molar-refractivity contribution in [2.45, 2.75) is 30.5 Å². The summed E-state index contributed by atoms with van der Waals surface area (Å²) in [5.74, 6) is 0. The molecule has 3 aromatic rings. The van der Waals surface area contributed by atoms with Crippen LogP contribution in [0.1, 0.15) is 24.2 Å². The van der Waals surface area contributed by atoms with E-state index in [1.807, 2.05) is 42.0 Å². The summed E-state index contributed by atoms with van der Waals surface area (Å²) >= 11 is 5.98. The number of carbonyl (C=O) groups excluding carboxylic acids is 1. The molecule has 5 N–H and O–H groups in total. The van der Waals surface area contributed by atoms with Crippen LogP contribution in [-0.4, -0.2) is 38.7 Å². The Labute approximate surface area is 210 Å². The molecule has 8 nitrogen and oxygen atoms in total. The summed E-state index contributed by atoms with van der Waals surface area (Å²) < 4.78 is 26.5. The van der Waals surface area contributed by atoms with Gasteiger partial charge in [0.05, 0.1) is 11.0 Å². The van der Waals surface area contributed by atoms with Gasteiger partial charge in [-0.2, -0.15) is 0 Å². The molecular formula is C25H29ClN4O4S. The maximum absolute atomic E-state index is 12.2. The van der Waals surface area contributed by atoms with E-state index in [1.165, 1.54) is 12.1 Å². The van der Waals surface area contributed by atoms with E-state index in [1.54, 1.807) is 36.4 Å². The number of aliphatic hydroxyl groups excluding tert-OH is 1. The lowest BCUT2D eigenvalue weighted by atomic mass is 10.1. The number of aliphatic hydroxyl groups is 1. The monoisotopic (exact) mass is 516 g/mol. The summed E-state index contributed by atoms with van der Waals surface area (Å²) in [4.78, 5) is 12.1. The van der Waals surface area contributed by atoms with Gasteiger partial charge in [-0.3, -0.25) is 0 Å². The van der Waals surface area contributed by atoms with Crippen molar-refractivity contribution < 1.29 is 18.3 Å². The first-order chi connectivity index (χ1) is 16.7. The van der Waals surface area contributed by atoms with Crippen LogP contribution in [0.4, 0.5) is 10.5 Å². The van der Waals surface area contributed by atoms with Crippen LogP contribution in [0, 0.1) is 0 Å². The van der Waals surface area contributed by atoms with Crippen LogP contribution < -0.4 is 20.7 Å². The summed E-state index contributed by atoms with van der Waals surface area (Å²) in [6, 6.07) is 21.6. The van der Waals surface area contributed by atoms with Crippen molar-refractivity contribution in [2.24, 2.45) is 0 Å². The summed E-state index contributed by atoms with van der Waals surface area (Å²) in [5, 5.41) is 20.1. The molecule has 0 fully saturated rings. The summed E-state index contributed by atoms with van der Waals surface area (Å²) in [6.45, 7) is 3.15. The van der Waals surface area contributed by atoms with Gasteiger partial charge in [0.2, 0.25) is 0 Å². The van der Waals surface area contributed by atoms with E-state index >= 15 is 0 Å². The third kappa shape index (κ3) is 8.56. The number of anilines is 1. The highest BCUT2D eigenvalue weighted by molar-refractivity contribution is 7.90. The molecule has 2 atom stereocenters. The second-order valence-electron chi connectivity index (χ2n) is 8.06. The number of halogens is 1. The Bertz CT molecular complexity index is 1220. The van der Waals surface area contributed by atoms with Gasteiger partial charge in [-0.15, -0.1) is 0 Å². The van der Waals surface area contributed by atoms with E-state index in [0.717, 1.165) is 16.8 Å². The average Bonchev–Trinajstić information content (AvgIpc) is 2.85. The van der Waals surface area contributed by atoms with Crippen LogP contribution >= 0.6 is 11.6 Å². The molecule has 3 aromatic carbocycles. The molecular weight excluding hydrogens is 488 g/mol. The Morgan fingerprint density at radius 2 is 1.71 bits per heavy atom. The van der Waals surface area contributed by atoms with Crippen LogP contribution in [-0.2, 0) is 16.6 Å². The van der Waals surface area contributed by atoms with Crippen molar-refractivity contribution in [1.29, 1.82) is 0 Å². The SMILES string of the molecule is C[C@H](CNc1cccc(CNC(=O)NS(=O)(=O)c2ccccc2)c1)NC[C@H](O)c1cccc(Cl)c1. The Hall–Kier alpha value is -3.11. The molecule has 0 saturated carbocycles. The molecule has 10 heteroatoms. The molecule has 0 spiro atoms. The molecule has 2 amide bonds. The van der Waals surface area contributed by atoms with Crippen LogP contribution in [0.5, 0.6) is 0 Å². The number of sulfonamides is 1. The fourth-order valence-electron chi connectivity index (χ4n) is 3.28. The van der Waals surface area contributed by atoms with E-state index < -0.39 is 22.2 Å². The normalized spacial score (nSPS) is 13.0. The minimum absolute atomic E-state index is 0.0177. The second-order valence-corrected chi connectivity index (χ2v) is 10.2. The lowest BCUT2D eigenvalue weighted by molar-refractivity contribution is 0.171. The van der Waals surface area contributed by atoms with Crippen molar-refractivity contribution in [2.75, 3.05) is 18.4 Å². The zero-order valence-electron chi connectivity index (χ0n) is 19.2. The van der Waals surface area contributed by atoms with Gasteiger partial charge in [0.25, 0.3) is 10.0 Å². The van der Waals surface area contributed by atoms with E-state index in [-0.39, 0.29) is 17.5 Å². The van der Waals surface area contributed by atoms with Crippen molar-refractivity contribution >= 4 is 33.3 Å². The van der Waals surface area contributed by atoms with Crippen LogP contribution in [0.15, 0.2) is 83.8 Å². The van der Waals surface area contributed by atoms with Crippen LogP contribution in [0.25, 0.3) is 0 Å². The second kappa shape index (κ2) is 12.6. The van der Waals surface area contributed by atoms with Crippen LogP contribution in [0.2, 0.25) is 5.02 Å². The number of nitrogens with one attached hydrogen (secondary N) is 4. The lowest BCUT2D eigenvalue weighted by Crippen LogP contribution is -2.39. The van der Waals surface area contributed by atoms with Gasteiger partial charge < -0.3 is 21.1 Å². The molecule has 0 unspecified atom stereocenters. The maximum atomic E-state index is 12.2. The Balaban J connectivity index is 1.43. The highest BCUT2D eigenvalue weighted by atomic mass is 35.5. The largest absolute Gasteiger partial charge is 0.387 e. The summed E-state index contributed by atoms with van der Waals surface area (Å²) in [5.41, 5.74) is 2.41. The van der Waals surface area contributed by atoms with Gasteiger partial charge in [-0.05, 0) is 54.4 Å². The molecule has 0 aliphatic rings. The lowest BCUT2D eigenvalue weighted by Gasteiger charge is -2.19. The predicted molar refractivity (Wildman–Crippen MR) is 138 cm³/mol. The smallest absolute Gasteiger partial charge is 0.328 e. The van der Waals surface area contributed by atoms with E-state index in [2.05, 4.69) is 16.0 Å². The third-order valence-electron chi connectivity index (χ3n) is 5.17. The topological polar surface area (TPSA) is 120 Å². The Morgan fingerprint density at radius 3 is 2.46 bits per heavy atom. The molecule has 0 heterocycles. The number of urea groups is 1. The van der Waals surface area contributed by atoms with Gasteiger partial charge >= 0.3 is 6.03 Å². The number of hydrogen-bond donors (Lipinski definition) is 5. The first kappa shape index (κ1) is 26.5. The fraction of sp³-hybridized carbons (Fsp3) is 0.240. The number of amides is 2. The molecule has 3 rings (SSSR count). The van der Waals surface area contributed by atoms with E-state index in [4.69, 9.17) is 11.6 Å². The molecule has 0 aliphatic heterocycles. The number of carbonyl (C=O) groups is 1.